The Balaban J connectivity index is 1.46. The van der Waals surface area contributed by atoms with E-state index in [2.05, 4.69) is 6.92 Å². The fourth-order valence-corrected chi connectivity index (χ4v) is 6.80. The molecule has 1 aliphatic rings. The summed E-state index contributed by atoms with van der Waals surface area (Å²) in [6, 6.07) is 20.1. The van der Waals surface area contributed by atoms with E-state index in [-0.39, 0.29) is 24.1 Å². The highest BCUT2D eigenvalue weighted by molar-refractivity contribution is 7.21. The van der Waals surface area contributed by atoms with Crippen molar-refractivity contribution in [1.29, 1.82) is 0 Å². The number of benzene rings is 3. The van der Waals surface area contributed by atoms with E-state index in [9.17, 15) is 9.59 Å². The molecule has 1 fully saturated rings. The van der Waals surface area contributed by atoms with Crippen LogP contribution in [0.5, 0.6) is 0 Å². The van der Waals surface area contributed by atoms with Crippen LogP contribution in [0.15, 0.2) is 66.7 Å². The summed E-state index contributed by atoms with van der Waals surface area (Å²) in [5.74, 6) is 0.601. The fourth-order valence-electron chi connectivity index (χ4n) is 5.32. The van der Waals surface area contributed by atoms with Crippen molar-refractivity contribution in [3.63, 3.8) is 0 Å². The van der Waals surface area contributed by atoms with Gasteiger partial charge in [0.2, 0.25) is 0 Å². The molecule has 0 aliphatic heterocycles. The molecule has 3 aromatic carbocycles. The zero-order chi connectivity index (χ0) is 26.8. The minimum Gasteiger partial charge on any atom is -0.333 e. The van der Waals surface area contributed by atoms with E-state index >= 15 is 4.39 Å². The van der Waals surface area contributed by atoms with Gasteiger partial charge in [-0.25, -0.2) is 4.39 Å². The van der Waals surface area contributed by atoms with Crippen LogP contribution in [0.3, 0.4) is 0 Å². The topological polar surface area (TPSA) is 37.4 Å². The molecule has 1 heterocycles. The highest BCUT2D eigenvalue weighted by Gasteiger charge is 2.28. The van der Waals surface area contributed by atoms with Crippen LogP contribution in [0.4, 0.5) is 4.39 Å². The summed E-state index contributed by atoms with van der Waals surface area (Å²) in [7, 11) is 0. The number of hydrogen-bond donors (Lipinski definition) is 0. The molecule has 196 valence electrons. The Morgan fingerprint density at radius 2 is 1.66 bits per heavy atom. The molecule has 1 aliphatic carbocycles. The molecular weight excluding hydrogens is 517 g/mol. The third-order valence-corrected chi connectivity index (χ3v) is 9.33. The Morgan fingerprint density at radius 3 is 2.34 bits per heavy atom. The lowest BCUT2D eigenvalue weighted by atomic mass is 9.82. The molecule has 0 bridgehead atoms. The number of rotatable bonds is 7. The van der Waals surface area contributed by atoms with Gasteiger partial charge in [-0.1, -0.05) is 79.9 Å². The van der Waals surface area contributed by atoms with Gasteiger partial charge in [0, 0.05) is 34.3 Å². The van der Waals surface area contributed by atoms with E-state index in [1.165, 1.54) is 24.3 Å². The van der Waals surface area contributed by atoms with Crippen molar-refractivity contribution in [3.8, 4) is 11.1 Å². The standard InChI is InChI=1S/C32H31ClFNO2S/c1-20-7-9-22(10-8-20)18-35(32(37)31-30(33)27-5-3-4-6-29(27)38-31)19-26-17-25(15-16-28(26)34)24-13-11-23(12-14-24)21(2)36/h3-6,11-17,20,22H,7-10,18-19H2,1-2H3. The Hall–Kier alpha value is -3.02. The number of fused-ring (bicyclic) bond motifs is 1. The molecule has 1 saturated carbocycles. The predicted octanol–water partition coefficient (Wildman–Crippen LogP) is 9.03. The van der Waals surface area contributed by atoms with Gasteiger partial charge in [-0.2, -0.15) is 0 Å². The molecule has 0 atom stereocenters. The Morgan fingerprint density at radius 1 is 0.974 bits per heavy atom. The van der Waals surface area contributed by atoms with E-state index in [4.69, 9.17) is 11.6 Å². The number of nitrogens with zero attached hydrogens (tertiary/aromatic N) is 1. The molecular formula is C32H31ClFNO2S. The molecule has 0 spiro atoms. The number of carbonyl (C=O) groups excluding carboxylic acids is 2. The maximum absolute atomic E-state index is 15.2. The van der Waals surface area contributed by atoms with Crippen LogP contribution in [0.2, 0.25) is 5.02 Å². The molecule has 38 heavy (non-hydrogen) atoms. The van der Waals surface area contributed by atoms with Gasteiger partial charge >= 0.3 is 0 Å². The third kappa shape index (κ3) is 5.69. The number of hydrogen-bond acceptors (Lipinski definition) is 3. The molecule has 0 saturated heterocycles. The van der Waals surface area contributed by atoms with Crippen LogP contribution < -0.4 is 0 Å². The van der Waals surface area contributed by atoms with Gasteiger partial charge in [-0.3, -0.25) is 9.59 Å². The number of thiophene rings is 1. The van der Waals surface area contributed by atoms with Gasteiger partial charge in [0.15, 0.2) is 5.78 Å². The number of carbonyl (C=O) groups is 2. The number of halogens is 2. The first kappa shape index (κ1) is 26.6. The number of Topliss-reactive ketones (excluding diaryl/α,β-unsaturated/α-hetero) is 1. The molecule has 0 radical (unpaired) electrons. The van der Waals surface area contributed by atoms with Crippen LogP contribution >= 0.6 is 22.9 Å². The van der Waals surface area contributed by atoms with Crippen LogP contribution in [-0.2, 0) is 6.54 Å². The molecule has 6 heteroatoms. The molecule has 1 amide bonds. The second kappa shape index (κ2) is 11.4. The zero-order valence-electron chi connectivity index (χ0n) is 21.7. The molecule has 3 nitrogen and oxygen atoms in total. The summed E-state index contributed by atoms with van der Waals surface area (Å²) in [4.78, 5) is 27.9. The highest BCUT2D eigenvalue weighted by atomic mass is 35.5. The van der Waals surface area contributed by atoms with Gasteiger partial charge in [0.25, 0.3) is 5.91 Å². The van der Waals surface area contributed by atoms with Gasteiger partial charge < -0.3 is 4.90 Å². The first-order chi connectivity index (χ1) is 18.3. The van der Waals surface area contributed by atoms with Crippen molar-refractivity contribution < 1.29 is 14.0 Å². The minimum atomic E-state index is -0.341. The van der Waals surface area contributed by atoms with Crippen LogP contribution in [0, 0.1) is 17.7 Å². The summed E-state index contributed by atoms with van der Waals surface area (Å²) in [5, 5.41) is 1.34. The van der Waals surface area contributed by atoms with E-state index in [1.807, 2.05) is 42.5 Å². The van der Waals surface area contributed by atoms with Crippen molar-refractivity contribution >= 4 is 44.7 Å². The fraction of sp³-hybridized carbons (Fsp3) is 0.312. The number of amides is 1. The maximum Gasteiger partial charge on any atom is 0.265 e. The summed E-state index contributed by atoms with van der Waals surface area (Å²) < 4.78 is 16.1. The Bertz CT molecular complexity index is 1470. The normalized spacial score (nSPS) is 17.5. The summed E-state index contributed by atoms with van der Waals surface area (Å²) in [6.45, 7) is 4.56. The summed E-state index contributed by atoms with van der Waals surface area (Å²) in [6.07, 6.45) is 4.43. The van der Waals surface area contributed by atoms with Crippen molar-refractivity contribution in [1.82, 2.24) is 4.90 Å². The SMILES string of the molecule is CC(=O)c1ccc(-c2ccc(F)c(CN(CC3CCC(C)CC3)C(=O)c3sc4ccccc4c3Cl)c2)cc1. The summed E-state index contributed by atoms with van der Waals surface area (Å²) >= 11 is 8.09. The van der Waals surface area contributed by atoms with Crippen molar-refractivity contribution in [2.75, 3.05) is 6.54 Å². The first-order valence-corrected chi connectivity index (χ1v) is 14.4. The molecule has 0 N–H and O–H groups in total. The Labute approximate surface area is 232 Å². The average Bonchev–Trinajstić information content (AvgIpc) is 3.26. The maximum atomic E-state index is 15.2. The second-order valence-corrected chi connectivity index (χ2v) is 11.9. The lowest BCUT2D eigenvalue weighted by Gasteiger charge is -2.32. The molecule has 4 aromatic rings. The highest BCUT2D eigenvalue weighted by Crippen LogP contribution is 2.37. The van der Waals surface area contributed by atoms with Gasteiger partial charge in [-0.15, -0.1) is 11.3 Å². The monoisotopic (exact) mass is 547 g/mol. The minimum absolute atomic E-state index is 0.00232. The second-order valence-electron chi connectivity index (χ2n) is 10.5. The average molecular weight is 548 g/mol. The lowest BCUT2D eigenvalue weighted by Crippen LogP contribution is -2.36. The lowest BCUT2D eigenvalue weighted by molar-refractivity contribution is 0.0695. The summed E-state index contributed by atoms with van der Waals surface area (Å²) in [5.41, 5.74) is 2.83. The van der Waals surface area contributed by atoms with E-state index in [1.54, 1.807) is 23.1 Å². The Kier molecular flexibility index (Phi) is 7.96. The van der Waals surface area contributed by atoms with Crippen molar-refractivity contribution in [2.45, 2.75) is 46.1 Å². The van der Waals surface area contributed by atoms with E-state index in [0.717, 1.165) is 46.9 Å². The third-order valence-electron chi connectivity index (χ3n) is 7.66. The largest absolute Gasteiger partial charge is 0.333 e. The van der Waals surface area contributed by atoms with E-state index < -0.39 is 0 Å². The van der Waals surface area contributed by atoms with Crippen LogP contribution in [0.25, 0.3) is 21.2 Å². The number of ketones is 1. The van der Waals surface area contributed by atoms with Crippen LogP contribution in [-0.4, -0.2) is 23.1 Å². The van der Waals surface area contributed by atoms with Crippen molar-refractivity contribution in [2.24, 2.45) is 11.8 Å². The van der Waals surface area contributed by atoms with Crippen molar-refractivity contribution in [3.05, 3.63) is 93.6 Å². The smallest absolute Gasteiger partial charge is 0.265 e. The predicted molar refractivity (Wildman–Crippen MR) is 155 cm³/mol. The zero-order valence-corrected chi connectivity index (χ0v) is 23.2. The molecule has 5 rings (SSSR count). The van der Waals surface area contributed by atoms with E-state index in [0.29, 0.717) is 39.4 Å². The molecule has 1 aromatic heterocycles. The quantitative estimate of drug-likeness (QED) is 0.216. The first-order valence-electron chi connectivity index (χ1n) is 13.2. The van der Waals surface area contributed by atoms with Crippen LogP contribution in [0.1, 0.15) is 65.1 Å². The van der Waals surface area contributed by atoms with Gasteiger partial charge in [-0.05, 0) is 60.9 Å². The molecule has 0 unspecified atom stereocenters. The van der Waals surface area contributed by atoms with Gasteiger partial charge in [0.1, 0.15) is 10.7 Å². The van der Waals surface area contributed by atoms with Gasteiger partial charge in [0.05, 0.1) is 5.02 Å².